The Kier molecular flexibility index (Phi) is 9.84. The van der Waals surface area contributed by atoms with Gasteiger partial charge in [0.2, 0.25) is 0 Å². The second-order valence-corrected chi connectivity index (χ2v) is 6.64. The van der Waals surface area contributed by atoms with Crippen LogP contribution in [0, 0.1) is 5.92 Å². The summed E-state index contributed by atoms with van der Waals surface area (Å²) in [6.07, 6.45) is -21.5. The van der Waals surface area contributed by atoms with Crippen molar-refractivity contribution in [2.45, 2.75) is 56.3 Å². The highest BCUT2D eigenvalue weighted by Crippen LogP contribution is 2.52. The van der Waals surface area contributed by atoms with Crippen LogP contribution in [-0.4, -0.2) is 62.8 Å². The molecule has 0 aliphatic rings. The molecular formula is C15H24F10N2. The maximum absolute atomic E-state index is 13.6. The molecule has 0 rings (SSSR count). The highest BCUT2D eigenvalue weighted by molar-refractivity contribution is 4.97. The van der Waals surface area contributed by atoms with E-state index in [1.807, 2.05) is 19.0 Å². The van der Waals surface area contributed by atoms with Gasteiger partial charge in [0.25, 0.3) is 5.67 Å². The molecule has 0 aromatic rings. The van der Waals surface area contributed by atoms with Gasteiger partial charge in [0.15, 0.2) is 0 Å². The van der Waals surface area contributed by atoms with E-state index in [0.717, 1.165) is 13.0 Å². The molecule has 0 spiro atoms. The number of nitrogens with one attached hydrogen (secondary N) is 1. The van der Waals surface area contributed by atoms with Crippen molar-refractivity contribution in [3.05, 3.63) is 0 Å². The van der Waals surface area contributed by atoms with Crippen LogP contribution in [0.5, 0.6) is 0 Å². The minimum atomic E-state index is -6.48. The van der Waals surface area contributed by atoms with Crippen molar-refractivity contribution in [3.8, 4) is 0 Å². The summed E-state index contributed by atoms with van der Waals surface area (Å²) in [6.45, 7) is 1.60. The lowest BCUT2D eigenvalue weighted by molar-refractivity contribution is -0.352. The fourth-order valence-corrected chi connectivity index (χ4v) is 2.40. The van der Waals surface area contributed by atoms with Gasteiger partial charge in [-0.1, -0.05) is 6.42 Å². The summed E-state index contributed by atoms with van der Waals surface area (Å²) in [5.74, 6) is -3.04. The number of alkyl halides is 10. The van der Waals surface area contributed by atoms with Crippen LogP contribution >= 0.6 is 0 Å². The smallest absolute Gasteiger partial charge is 0.317 e. The molecule has 27 heavy (non-hydrogen) atoms. The molecule has 0 heterocycles. The van der Waals surface area contributed by atoms with E-state index in [2.05, 4.69) is 5.32 Å². The zero-order valence-electron chi connectivity index (χ0n) is 15.0. The Labute approximate surface area is 151 Å². The lowest BCUT2D eigenvalue weighted by Crippen LogP contribution is -2.55. The number of hydrogen-bond donors (Lipinski definition) is 1. The van der Waals surface area contributed by atoms with Crippen molar-refractivity contribution in [2.24, 2.45) is 5.92 Å². The normalized spacial score (nSPS) is 15.4. The van der Waals surface area contributed by atoms with Crippen molar-refractivity contribution in [1.29, 1.82) is 0 Å². The van der Waals surface area contributed by atoms with Gasteiger partial charge in [0.05, 0.1) is 5.92 Å². The molecule has 1 atom stereocenters. The van der Waals surface area contributed by atoms with Crippen LogP contribution in [0.15, 0.2) is 0 Å². The van der Waals surface area contributed by atoms with Crippen molar-refractivity contribution < 1.29 is 43.9 Å². The van der Waals surface area contributed by atoms with Gasteiger partial charge in [-0.3, -0.25) is 0 Å². The van der Waals surface area contributed by atoms with Crippen LogP contribution in [0.25, 0.3) is 0 Å². The van der Waals surface area contributed by atoms with Gasteiger partial charge < -0.3 is 10.2 Å². The molecule has 0 bridgehead atoms. The van der Waals surface area contributed by atoms with Gasteiger partial charge in [-0.2, -0.15) is 39.5 Å². The van der Waals surface area contributed by atoms with Crippen molar-refractivity contribution >= 4 is 0 Å². The Morgan fingerprint density at radius 1 is 0.741 bits per heavy atom. The standard InChI is InChI=1S/C15H24F10N2/c1-27(2)9-5-8-26-7-4-3-6-11(13(17,18)19)10-12(16,14(20,21)22)15(23,24)25/h11,26H,3-10H2,1-2H3. The van der Waals surface area contributed by atoms with Gasteiger partial charge in [0.1, 0.15) is 0 Å². The quantitative estimate of drug-likeness (QED) is 0.368. The third kappa shape index (κ3) is 8.84. The van der Waals surface area contributed by atoms with Gasteiger partial charge in [-0.25, -0.2) is 4.39 Å². The second-order valence-electron chi connectivity index (χ2n) is 6.64. The minimum Gasteiger partial charge on any atom is -0.317 e. The molecule has 0 fully saturated rings. The van der Waals surface area contributed by atoms with Crippen molar-refractivity contribution in [1.82, 2.24) is 10.2 Å². The van der Waals surface area contributed by atoms with Crippen LogP contribution in [0.1, 0.15) is 32.1 Å². The first kappa shape index (κ1) is 26.2. The molecule has 0 aliphatic heterocycles. The van der Waals surface area contributed by atoms with Crippen LogP contribution in [0.4, 0.5) is 43.9 Å². The maximum Gasteiger partial charge on any atom is 0.431 e. The summed E-state index contributed by atoms with van der Waals surface area (Å²) < 4.78 is 127. The molecule has 0 saturated heterocycles. The van der Waals surface area contributed by atoms with Gasteiger partial charge in [-0.15, -0.1) is 0 Å². The largest absolute Gasteiger partial charge is 0.431 e. The summed E-state index contributed by atoms with van der Waals surface area (Å²) >= 11 is 0. The van der Waals surface area contributed by atoms with Crippen LogP contribution < -0.4 is 5.32 Å². The zero-order valence-corrected chi connectivity index (χ0v) is 15.0. The Morgan fingerprint density at radius 2 is 1.22 bits per heavy atom. The highest BCUT2D eigenvalue weighted by atomic mass is 19.4. The summed E-state index contributed by atoms with van der Waals surface area (Å²) in [6, 6.07) is 0. The Balaban J connectivity index is 4.70. The van der Waals surface area contributed by atoms with E-state index in [1.54, 1.807) is 0 Å². The fourth-order valence-electron chi connectivity index (χ4n) is 2.40. The molecule has 0 amide bonds. The monoisotopic (exact) mass is 422 g/mol. The fraction of sp³-hybridized carbons (Fsp3) is 1.00. The molecule has 0 radical (unpaired) electrons. The zero-order chi connectivity index (χ0) is 21.5. The minimum absolute atomic E-state index is 0.117. The van der Waals surface area contributed by atoms with Gasteiger partial charge in [0, 0.05) is 6.42 Å². The molecule has 12 heteroatoms. The van der Waals surface area contributed by atoms with Crippen molar-refractivity contribution in [2.75, 3.05) is 33.7 Å². The molecular weight excluding hydrogens is 398 g/mol. The molecule has 2 nitrogen and oxygen atoms in total. The molecule has 0 saturated carbocycles. The summed E-state index contributed by atoms with van der Waals surface area (Å²) in [5.41, 5.74) is -5.90. The van der Waals surface area contributed by atoms with Crippen LogP contribution in [0.2, 0.25) is 0 Å². The Bertz CT molecular complexity index is 400. The molecule has 0 aromatic heterocycles. The number of unbranched alkanes of at least 4 members (excludes halogenated alkanes) is 1. The molecule has 0 aliphatic carbocycles. The summed E-state index contributed by atoms with van der Waals surface area (Å²) in [7, 11) is 3.70. The Morgan fingerprint density at radius 3 is 1.63 bits per heavy atom. The van der Waals surface area contributed by atoms with E-state index in [4.69, 9.17) is 0 Å². The number of hydrogen-bond acceptors (Lipinski definition) is 2. The van der Waals surface area contributed by atoms with E-state index >= 15 is 0 Å². The van der Waals surface area contributed by atoms with Crippen molar-refractivity contribution in [3.63, 3.8) is 0 Å². The average molecular weight is 422 g/mol. The average Bonchev–Trinajstić information content (AvgIpc) is 2.44. The van der Waals surface area contributed by atoms with Crippen LogP contribution in [0.3, 0.4) is 0 Å². The lowest BCUT2D eigenvalue weighted by atomic mass is 9.87. The SMILES string of the molecule is CN(C)CCCNCCCCC(CC(F)(C(F)(F)F)C(F)(F)F)C(F)(F)F. The van der Waals surface area contributed by atoms with E-state index in [9.17, 15) is 43.9 Å². The van der Waals surface area contributed by atoms with Crippen LogP contribution in [-0.2, 0) is 0 Å². The first-order valence-electron chi connectivity index (χ1n) is 8.27. The van der Waals surface area contributed by atoms with E-state index in [1.165, 1.54) is 0 Å². The van der Waals surface area contributed by atoms with E-state index in [0.29, 0.717) is 6.54 Å². The number of nitrogens with zero attached hydrogens (tertiary/aromatic N) is 1. The lowest BCUT2D eigenvalue weighted by Gasteiger charge is -2.33. The second kappa shape index (κ2) is 10.1. The topological polar surface area (TPSA) is 15.3 Å². The first-order chi connectivity index (χ1) is 12.0. The molecule has 1 N–H and O–H groups in total. The molecule has 164 valence electrons. The maximum atomic E-state index is 13.6. The third-order valence-electron chi connectivity index (χ3n) is 4.00. The van der Waals surface area contributed by atoms with Gasteiger partial charge in [-0.05, 0) is 53.0 Å². The predicted octanol–water partition coefficient (Wildman–Crippen LogP) is 5.10. The highest BCUT2D eigenvalue weighted by Gasteiger charge is 2.73. The van der Waals surface area contributed by atoms with E-state index < -0.39 is 43.0 Å². The number of rotatable bonds is 11. The van der Waals surface area contributed by atoms with Gasteiger partial charge >= 0.3 is 18.5 Å². The summed E-state index contributed by atoms with van der Waals surface area (Å²) in [4.78, 5) is 1.92. The predicted molar refractivity (Wildman–Crippen MR) is 80.0 cm³/mol. The molecule has 1 unspecified atom stereocenters. The third-order valence-corrected chi connectivity index (χ3v) is 4.00. The summed E-state index contributed by atoms with van der Waals surface area (Å²) in [5, 5.41) is 2.91. The first-order valence-corrected chi connectivity index (χ1v) is 8.27. The van der Waals surface area contributed by atoms with E-state index in [-0.39, 0.29) is 19.4 Å². The molecule has 0 aromatic carbocycles. The Hall–Kier alpha value is -0.780. The number of halogens is 10.